The molecule has 0 radical (unpaired) electrons. The Balaban J connectivity index is 2.18. The van der Waals surface area contributed by atoms with Gasteiger partial charge in [-0.25, -0.2) is 4.79 Å². The zero-order valence-corrected chi connectivity index (χ0v) is 9.95. The van der Waals surface area contributed by atoms with Crippen LogP contribution in [0.5, 0.6) is 0 Å². The van der Waals surface area contributed by atoms with Gasteiger partial charge >= 0.3 is 5.97 Å². The third kappa shape index (κ3) is 2.64. The normalized spacial score (nSPS) is 14.2. The molecule has 90 valence electrons. The van der Waals surface area contributed by atoms with Gasteiger partial charge in [0.25, 0.3) is 5.91 Å². The first kappa shape index (κ1) is 11.6. The molecule has 0 unspecified atom stereocenters. The van der Waals surface area contributed by atoms with Crippen molar-refractivity contribution < 1.29 is 14.3 Å². The van der Waals surface area contributed by atoms with Crippen LogP contribution in [0, 0.1) is 6.92 Å². The van der Waals surface area contributed by atoms with Crippen molar-refractivity contribution in [2.75, 3.05) is 7.11 Å². The Kier molecular flexibility index (Phi) is 3.13. The highest BCUT2D eigenvalue weighted by atomic mass is 16.5. The van der Waals surface area contributed by atoms with Crippen molar-refractivity contribution in [3.63, 3.8) is 0 Å². The Morgan fingerprint density at radius 3 is 2.59 bits per heavy atom. The second-order valence-corrected chi connectivity index (χ2v) is 4.27. The number of nitrogens with one attached hydrogen (secondary N) is 1. The molecule has 1 saturated carbocycles. The van der Waals surface area contributed by atoms with E-state index in [9.17, 15) is 9.59 Å². The molecule has 4 heteroatoms. The second-order valence-electron chi connectivity index (χ2n) is 4.27. The van der Waals surface area contributed by atoms with E-state index >= 15 is 0 Å². The first-order valence-corrected chi connectivity index (χ1v) is 5.61. The van der Waals surface area contributed by atoms with Crippen molar-refractivity contribution >= 4 is 11.9 Å². The molecule has 1 amide bonds. The van der Waals surface area contributed by atoms with Gasteiger partial charge in [-0.2, -0.15) is 0 Å². The summed E-state index contributed by atoms with van der Waals surface area (Å²) in [6.45, 7) is 1.81. The highest BCUT2D eigenvalue weighted by Gasteiger charge is 2.24. The van der Waals surface area contributed by atoms with Crippen molar-refractivity contribution in [1.82, 2.24) is 5.32 Å². The third-order valence-electron chi connectivity index (χ3n) is 2.80. The predicted molar refractivity (Wildman–Crippen MR) is 63.0 cm³/mol. The van der Waals surface area contributed by atoms with Gasteiger partial charge in [-0.05, 0) is 43.5 Å². The Morgan fingerprint density at radius 2 is 2.06 bits per heavy atom. The number of methoxy groups -OCH3 is 1. The first-order valence-electron chi connectivity index (χ1n) is 5.61. The van der Waals surface area contributed by atoms with E-state index in [0.29, 0.717) is 17.2 Å². The van der Waals surface area contributed by atoms with E-state index in [2.05, 4.69) is 10.1 Å². The summed E-state index contributed by atoms with van der Waals surface area (Å²) in [6.07, 6.45) is 2.12. The second kappa shape index (κ2) is 4.57. The van der Waals surface area contributed by atoms with Gasteiger partial charge in [0.1, 0.15) is 0 Å². The quantitative estimate of drug-likeness (QED) is 0.808. The molecule has 0 heterocycles. The first-order chi connectivity index (χ1) is 8.11. The van der Waals surface area contributed by atoms with Gasteiger partial charge in [0.05, 0.1) is 12.7 Å². The average Bonchev–Trinajstić information content (AvgIpc) is 3.11. The monoisotopic (exact) mass is 233 g/mol. The van der Waals surface area contributed by atoms with E-state index < -0.39 is 0 Å². The Hall–Kier alpha value is -1.84. The summed E-state index contributed by atoms with van der Waals surface area (Å²) in [7, 11) is 1.34. The van der Waals surface area contributed by atoms with Crippen molar-refractivity contribution in [2.45, 2.75) is 25.8 Å². The van der Waals surface area contributed by atoms with Crippen LogP contribution in [0.3, 0.4) is 0 Å². The minimum absolute atomic E-state index is 0.0681. The standard InChI is InChI=1S/C13H15NO3/c1-8-7-9(13(16)17-2)3-6-11(8)12(15)14-10-4-5-10/h3,6-7,10H,4-5H2,1-2H3,(H,14,15). The number of carbonyl (C=O) groups excluding carboxylic acids is 2. The molecule has 0 aliphatic heterocycles. The molecular weight excluding hydrogens is 218 g/mol. The molecule has 1 aromatic rings. The van der Waals surface area contributed by atoms with Gasteiger partial charge in [-0.3, -0.25) is 4.79 Å². The van der Waals surface area contributed by atoms with Crippen LogP contribution in [-0.4, -0.2) is 25.0 Å². The maximum absolute atomic E-state index is 11.8. The van der Waals surface area contributed by atoms with Crippen molar-refractivity contribution in [2.24, 2.45) is 0 Å². The van der Waals surface area contributed by atoms with Crippen molar-refractivity contribution in [1.29, 1.82) is 0 Å². The molecule has 17 heavy (non-hydrogen) atoms. The Labute approximate surface area is 100.0 Å². The van der Waals surface area contributed by atoms with Crippen LogP contribution in [0.25, 0.3) is 0 Å². The molecule has 0 saturated heterocycles. The molecule has 1 fully saturated rings. The molecule has 2 rings (SSSR count). The number of benzene rings is 1. The molecule has 1 aliphatic carbocycles. The highest BCUT2D eigenvalue weighted by Crippen LogP contribution is 2.20. The van der Waals surface area contributed by atoms with Crippen LogP contribution in [0.4, 0.5) is 0 Å². The topological polar surface area (TPSA) is 55.4 Å². The summed E-state index contributed by atoms with van der Waals surface area (Å²) in [5.41, 5.74) is 1.86. The van der Waals surface area contributed by atoms with E-state index in [4.69, 9.17) is 0 Å². The van der Waals surface area contributed by atoms with E-state index in [1.54, 1.807) is 18.2 Å². The van der Waals surface area contributed by atoms with E-state index in [-0.39, 0.29) is 11.9 Å². The number of aryl methyl sites for hydroxylation is 1. The number of rotatable bonds is 3. The fraction of sp³-hybridized carbons (Fsp3) is 0.385. The third-order valence-corrected chi connectivity index (χ3v) is 2.80. The molecule has 0 bridgehead atoms. The Morgan fingerprint density at radius 1 is 1.35 bits per heavy atom. The van der Waals surface area contributed by atoms with Crippen LogP contribution < -0.4 is 5.32 Å². The summed E-state index contributed by atoms with van der Waals surface area (Å²) in [6, 6.07) is 5.29. The molecule has 4 nitrogen and oxygen atoms in total. The average molecular weight is 233 g/mol. The SMILES string of the molecule is COC(=O)c1ccc(C(=O)NC2CC2)c(C)c1. The predicted octanol–water partition coefficient (Wildman–Crippen LogP) is 1.67. The summed E-state index contributed by atoms with van der Waals surface area (Å²) in [5, 5.41) is 2.92. The molecule has 0 aromatic heterocycles. The number of esters is 1. The number of amides is 1. The maximum Gasteiger partial charge on any atom is 0.337 e. The largest absolute Gasteiger partial charge is 0.465 e. The number of hydrogen-bond donors (Lipinski definition) is 1. The maximum atomic E-state index is 11.8. The lowest BCUT2D eigenvalue weighted by Gasteiger charge is -2.08. The van der Waals surface area contributed by atoms with Crippen molar-refractivity contribution in [3.8, 4) is 0 Å². The zero-order chi connectivity index (χ0) is 12.4. The molecular formula is C13H15NO3. The smallest absolute Gasteiger partial charge is 0.337 e. The number of hydrogen-bond acceptors (Lipinski definition) is 3. The zero-order valence-electron chi connectivity index (χ0n) is 9.95. The lowest BCUT2D eigenvalue weighted by Crippen LogP contribution is -2.26. The summed E-state index contributed by atoms with van der Waals surface area (Å²) in [5.74, 6) is -0.455. The van der Waals surface area contributed by atoms with E-state index in [1.807, 2.05) is 6.92 Å². The van der Waals surface area contributed by atoms with Gasteiger partial charge in [0, 0.05) is 11.6 Å². The van der Waals surface area contributed by atoms with Gasteiger partial charge in [0.2, 0.25) is 0 Å². The lowest BCUT2D eigenvalue weighted by atomic mass is 10.0. The summed E-state index contributed by atoms with van der Waals surface area (Å²) >= 11 is 0. The molecule has 1 N–H and O–H groups in total. The summed E-state index contributed by atoms with van der Waals surface area (Å²) < 4.78 is 4.63. The summed E-state index contributed by atoms with van der Waals surface area (Å²) in [4.78, 5) is 23.2. The van der Waals surface area contributed by atoms with Crippen LogP contribution in [0.15, 0.2) is 18.2 Å². The molecule has 1 aliphatic rings. The van der Waals surface area contributed by atoms with E-state index in [0.717, 1.165) is 18.4 Å². The number of ether oxygens (including phenoxy) is 1. The number of carbonyl (C=O) groups is 2. The highest BCUT2D eigenvalue weighted by molar-refractivity contribution is 5.97. The fourth-order valence-electron chi connectivity index (χ4n) is 1.65. The van der Waals surface area contributed by atoms with Gasteiger partial charge in [0.15, 0.2) is 0 Å². The van der Waals surface area contributed by atoms with Crippen LogP contribution in [0.2, 0.25) is 0 Å². The lowest BCUT2D eigenvalue weighted by molar-refractivity contribution is 0.0600. The van der Waals surface area contributed by atoms with Crippen LogP contribution in [0.1, 0.15) is 39.1 Å². The van der Waals surface area contributed by atoms with Gasteiger partial charge in [-0.1, -0.05) is 0 Å². The minimum atomic E-state index is -0.387. The van der Waals surface area contributed by atoms with Crippen molar-refractivity contribution in [3.05, 3.63) is 34.9 Å². The molecule has 1 aromatic carbocycles. The minimum Gasteiger partial charge on any atom is -0.465 e. The van der Waals surface area contributed by atoms with E-state index in [1.165, 1.54) is 7.11 Å². The van der Waals surface area contributed by atoms with Gasteiger partial charge < -0.3 is 10.1 Å². The Bertz CT molecular complexity index is 464. The van der Waals surface area contributed by atoms with Crippen LogP contribution >= 0.6 is 0 Å². The molecule has 0 atom stereocenters. The van der Waals surface area contributed by atoms with Gasteiger partial charge in [-0.15, -0.1) is 0 Å². The van der Waals surface area contributed by atoms with Crippen LogP contribution in [-0.2, 0) is 4.74 Å². The fourth-order valence-corrected chi connectivity index (χ4v) is 1.65. The molecule has 0 spiro atoms.